The SMILES string of the molecule is CS(=O)(=O)c1ccccc1S(=O)(=O)N1CCC(C(=O)Nc2nc3c(s2)CSc2ccccc2-3)CC1. The fourth-order valence-corrected chi connectivity index (χ4v) is 9.50. The highest BCUT2D eigenvalue weighted by molar-refractivity contribution is 7.99. The first-order valence-corrected chi connectivity index (χ1v) is 16.1. The standard InChI is InChI=1S/C23H23N3O5S4/c1-34(28,29)19-8-4-5-9-20(19)35(30,31)26-12-10-15(11-13-26)22(27)25-23-24-21-16-6-2-3-7-17(16)32-14-18(21)33-23/h2-9,15H,10-14H2,1H3,(H,24,25,27). The van der Waals surface area contributed by atoms with E-state index in [4.69, 9.17) is 0 Å². The van der Waals surface area contributed by atoms with E-state index >= 15 is 0 Å². The number of benzene rings is 2. The molecule has 0 aliphatic carbocycles. The number of aromatic nitrogens is 1. The Bertz CT molecular complexity index is 1510. The van der Waals surface area contributed by atoms with Crippen LogP contribution in [0, 0.1) is 5.92 Å². The van der Waals surface area contributed by atoms with Crippen molar-refractivity contribution in [1.82, 2.24) is 9.29 Å². The maximum atomic E-state index is 13.2. The van der Waals surface area contributed by atoms with Crippen molar-refractivity contribution in [2.24, 2.45) is 5.92 Å². The third kappa shape index (κ3) is 4.77. The molecule has 2 aromatic carbocycles. The molecule has 1 saturated heterocycles. The highest BCUT2D eigenvalue weighted by Crippen LogP contribution is 2.44. The summed E-state index contributed by atoms with van der Waals surface area (Å²) in [5.41, 5.74) is 1.98. The van der Waals surface area contributed by atoms with Crippen molar-refractivity contribution in [2.45, 2.75) is 33.3 Å². The van der Waals surface area contributed by atoms with Crippen LogP contribution in [0.5, 0.6) is 0 Å². The van der Waals surface area contributed by atoms with Crippen molar-refractivity contribution in [1.29, 1.82) is 0 Å². The van der Waals surface area contributed by atoms with Crippen LogP contribution in [0.3, 0.4) is 0 Å². The Morgan fingerprint density at radius 2 is 1.66 bits per heavy atom. The molecule has 1 N–H and O–H groups in total. The number of sulfonamides is 1. The number of sulfone groups is 1. The number of nitrogens with zero attached hydrogens (tertiary/aromatic N) is 2. The minimum absolute atomic E-state index is 0.136. The number of piperidine rings is 1. The Kier molecular flexibility index (Phi) is 6.51. The van der Waals surface area contributed by atoms with Crippen molar-refractivity contribution >= 4 is 54.0 Å². The fraction of sp³-hybridized carbons (Fsp3) is 0.304. The summed E-state index contributed by atoms with van der Waals surface area (Å²) >= 11 is 3.22. The summed E-state index contributed by atoms with van der Waals surface area (Å²) in [6.07, 6.45) is 1.68. The molecule has 1 fully saturated rings. The molecule has 35 heavy (non-hydrogen) atoms. The fourth-order valence-electron chi connectivity index (χ4n) is 4.32. The first-order valence-electron chi connectivity index (χ1n) is 11.0. The lowest BCUT2D eigenvalue weighted by atomic mass is 9.97. The summed E-state index contributed by atoms with van der Waals surface area (Å²) in [6, 6.07) is 13.7. The van der Waals surface area contributed by atoms with Gasteiger partial charge in [-0.25, -0.2) is 21.8 Å². The number of carbonyl (C=O) groups is 1. The highest BCUT2D eigenvalue weighted by atomic mass is 32.2. The molecule has 184 valence electrons. The summed E-state index contributed by atoms with van der Waals surface area (Å²) in [6.45, 7) is 0.272. The maximum Gasteiger partial charge on any atom is 0.244 e. The van der Waals surface area contributed by atoms with Crippen LogP contribution in [-0.2, 0) is 30.4 Å². The lowest BCUT2D eigenvalue weighted by Crippen LogP contribution is -2.41. The molecule has 2 aliphatic rings. The minimum atomic E-state index is -4.00. The number of rotatable bonds is 5. The lowest BCUT2D eigenvalue weighted by Gasteiger charge is -2.30. The number of anilines is 1. The van der Waals surface area contributed by atoms with Gasteiger partial charge >= 0.3 is 0 Å². The van der Waals surface area contributed by atoms with Crippen LogP contribution in [0.1, 0.15) is 17.7 Å². The van der Waals surface area contributed by atoms with Gasteiger partial charge in [0.05, 0.1) is 10.6 Å². The predicted octanol–water partition coefficient (Wildman–Crippen LogP) is 3.86. The topological polar surface area (TPSA) is 114 Å². The highest BCUT2D eigenvalue weighted by Gasteiger charge is 2.35. The number of thiazole rings is 1. The first-order chi connectivity index (χ1) is 16.6. The molecule has 0 unspecified atom stereocenters. The van der Waals surface area contributed by atoms with Crippen LogP contribution < -0.4 is 5.32 Å². The Morgan fingerprint density at radius 1 is 1.00 bits per heavy atom. The largest absolute Gasteiger partial charge is 0.302 e. The van der Waals surface area contributed by atoms with Gasteiger partial charge in [0.25, 0.3) is 0 Å². The maximum absolute atomic E-state index is 13.2. The van der Waals surface area contributed by atoms with Gasteiger partial charge in [-0.1, -0.05) is 30.3 Å². The van der Waals surface area contributed by atoms with E-state index in [0.717, 1.165) is 28.1 Å². The van der Waals surface area contributed by atoms with E-state index < -0.39 is 19.9 Å². The summed E-state index contributed by atoms with van der Waals surface area (Å²) in [5.74, 6) is 0.283. The number of nitrogens with one attached hydrogen (secondary N) is 1. The zero-order chi connectivity index (χ0) is 24.8. The quantitative estimate of drug-likeness (QED) is 0.514. The Balaban J connectivity index is 1.27. The van der Waals surface area contributed by atoms with E-state index in [-0.39, 0.29) is 34.7 Å². The average Bonchev–Trinajstić information content (AvgIpc) is 3.26. The second kappa shape index (κ2) is 9.32. The van der Waals surface area contributed by atoms with E-state index in [2.05, 4.69) is 16.4 Å². The average molecular weight is 550 g/mol. The normalized spacial score (nSPS) is 16.9. The molecule has 0 saturated carbocycles. The van der Waals surface area contributed by atoms with Crippen molar-refractivity contribution in [3.8, 4) is 11.3 Å². The van der Waals surface area contributed by atoms with E-state index in [0.29, 0.717) is 18.0 Å². The van der Waals surface area contributed by atoms with E-state index in [9.17, 15) is 21.6 Å². The second-order valence-corrected chi connectivity index (χ2v) is 14.5. The molecule has 0 spiro atoms. The molecule has 0 atom stereocenters. The zero-order valence-corrected chi connectivity index (χ0v) is 22.1. The molecule has 5 rings (SSSR count). The van der Waals surface area contributed by atoms with Gasteiger partial charge in [-0.3, -0.25) is 4.79 Å². The third-order valence-electron chi connectivity index (χ3n) is 6.12. The monoisotopic (exact) mass is 549 g/mol. The van der Waals surface area contributed by atoms with Gasteiger partial charge in [0, 0.05) is 46.4 Å². The van der Waals surface area contributed by atoms with Crippen molar-refractivity contribution in [2.75, 3.05) is 24.7 Å². The molecule has 1 amide bonds. The van der Waals surface area contributed by atoms with Crippen LogP contribution in [0.15, 0.2) is 63.2 Å². The van der Waals surface area contributed by atoms with Crippen LogP contribution >= 0.6 is 23.1 Å². The number of thioether (sulfide) groups is 1. The number of hydrogen-bond acceptors (Lipinski definition) is 8. The molecule has 8 nitrogen and oxygen atoms in total. The molecular formula is C23H23N3O5S4. The van der Waals surface area contributed by atoms with Gasteiger partial charge in [0.2, 0.25) is 15.9 Å². The van der Waals surface area contributed by atoms with Gasteiger partial charge in [0.1, 0.15) is 4.90 Å². The number of carbonyl (C=O) groups excluding carboxylic acids is 1. The molecular weight excluding hydrogens is 527 g/mol. The number of hydrogen-bond donors (Lipinski definition) is 1. The molecule has 0 bridgehead atoms. The molecule has 3 aromatic rings. The van der Waals surface area contributed by atoms with Crippen LogP contribution in [0.2, 0.25) is 0 Å². The molecule has 1 aromatic heterocycles. The van der Waals surface area contributed by atoms with Crippen molar-refractivity contribution in [3.05, 3.63) is 53.4 Å². The van der Waals surface area contributed by atoms with Gasteiger partial charge in [-0.05, 0) is 31.0 Å². The van der Waals surface area contributed by atoms with Crippen LogP contribution in [0.25, 0.3) is 11.3 Å². The first kappa shape index (κ1) is 24.4. The summed E-state index contributed by atoms with van der Waals surface area (Å²) in [4.78, 5) is 19.5. The summed E-state index contributed by atoms with van der Waals surface area (Å²) in [7, 11) is -7.72. The van der Waals surface area contributed by atoms with E-state index in [1.807, 2.05) is 18.2 Å². The number of fused-ring (bicyclic) bond motifs is 3. The smallest absolute Gasteiger partial charge is 0.244 e. The van der Waals surface area contributed by atoms with Crippen LogP contribution in [0.4, 0.5) is 5.13 Å². The van der Waals surface area contributed by atoms with E-state index in [1.54, 1.807) is 11.8 Å². The second-order valence-electron chi connectivity index (χ2n) is 8.46. The van der Waals surface area contributed by atoms with Gasteiger partial charge in [-0.15, -0.1) is 23.1 Å². The lowest BCUT2D eigenvalue weighted by molar-refractivity contribution is -0.120. The van der Waals surface area contributed by atoms with Gasteiger partial charge in [0.15, 0.2) is 15.0 Å². The summed E-state index contributed by atoms with van der Waals surface area (Å²) in [5, 5.41) is 3.48. The summed E-state index contributed by atoms with van der Waals surface area (Å²) < 4.78 is 51.8. The Hall–Kier alpha value is -2.25. The minimum Gasteiger partial charge on any atom is -0.302 e. The Morgan fingerprint density at radius 3 is 2.37 bits per heavy atom. The molecule has 0 radical (unpaired) electrons. The van der Waals surface area contributed by atoms with Crippen molar-refractivity contribution in [3.63, 3.8) is 0 Å². The van der Waals surface area contributed by atoms with Crippen molar-refractivity contribution < 1.29 is 21.6 Å². The van der Waals surface area contributed by atoms with Gasteiger partial charge in [-0.2, -0.15) is 4.31 Å². The Labute approximate surface area is 212 Å². The molecule has 12 heteroatoms. The molecule has 2 aliphatic heterocycles. The van der Waals surface area contributed by atoms with E-state index in [1.165, 1.54) is 44.8 Å². The predicted molar refractivity (Wildman–Crippen MR) is 137 cm³/mol. The van der Waals surface area contributed by atoms with Gasteiger partial charge < -0.3 is 5.32 Å². The molecule has 3 heterocycles. The third-order valence-corrected chi connectivity index (χ3v) is 11.6. The zero-order valence-electron chi connectivity index (χ0n) is 18.8. The van der Waals surface area contributed by atoms with Crippen LogP contribution in [-0.4, -0.2) is 51.4 Å². The number of amides is 1.